The van der Waals surface area contributed by atoms with Crippen LogP contribution >= 0.6 is 22.9 Å². The smallest absolute Gasteiger partial charge is 0.260 e. The largest absolute Gasteiger partial charge is 0.296 e. The van der Waals surface area contributed by atoms with Gasteiger partial charge in [-0.1, -0.05) is 11.6 Å². The summed E-state index contributed by atoms with van der Waals surface area (Å²) in [6.07, 6.45) is 1.45. The highest BCUT2D eigenvalue weighted by Crippen LogP contribution is 2.23. The molecule has 0 aromatic carbocycles. The molecular formula is C12H15ClN4O2S2. The van der Waals surface area contributed by atoms with Crippen molar-refractivity contribution in [2.24, 2.45) is 0 Å². The number of nitrogens with zero attached hydrogens (tertiary/aromatic N) is 3. The molecule has 1 fully saturated rings. The van der Waals surface area contributed by atoms with Crippen molar-refractivity contribution in [1.29, 1.82) is 0 Å². The van der Waals surface area contributed by atoms with E-state index in [1.807, 2.05) is 12.1 Å². The summed E-state index contributed by atoms with van der Waals surface area (Å²) in [5.74, 6) is 0. The van der Waals surface area contributed by atoms with Gasteiger partial charge in [-0.3, -0.25) is 10.00 Å². The quantitative estimate of drug-likeness (QED) is 0.913. The lowest BCUT2D eigenvalue weighted by Gasteiger charge is -2.33. The highest BCUT2D eigenvalue weighted by Gasteiger charge is 2.29. The van der Waals surface area contributed by atoms with Gasteiger partial charge in [-0.05, 0) is 18.2 Å². The molecule has 0 atom stereocenters. The number of thiophene rings is 1. The van der Waals surface area contributed by atoms with Crippen molar-refractivity contribution in [3.63, 3.8) is 0 Å². The molecule has 2 aromatic heterocycles. The molecule has 0 spiro atoms. The molecule has 0 aliphatic carbocycles. The van der Waals surface area contributed by atoms with Crippen LogP contribution < -0.4 is 0 Å². The first-order valence-corrected chi connectivity index (χ1v) is 9.15. The van der Waals surface area contributed by atoms with Gasteiger partial charge in [0.15, 0.2) is 5.03 Å². The number of rotatable bonds is 4. The molecule has 3 heterocycles. The Bertz CT molecular complexity index is 691. The van der Waals surface area contributed by atoms with Crippen molar-refractivity contribution in [2.75, 3.05) is 26.2 Å². The van der Waals surface area contributed by atoms with Crippen molar-refractivity contribution in [2.45, 2.75) is 11.6 Å². The van der Waals surface area contributed by atoms with E-state index < -0.39 is 10.0 Å². The molecule has 6 nitrogen and oxygen atoms in total. The summed E-state index contributed by atoms with van der Waals surface area (Å²) in [6.45, 7) is 3.21. The Balaban J connectivity index is 1.60. The Kier molecular flexibility index (Phi) is 4.32. The Morgan fingerprint density at radius 2 is 2.00 bits per heavy atom. The standard InChI is InChI=1S/C12H15ClN4O2S2/c13-11-2-1-10(20-11)9-16-5-7-17(8-6-16)21(18,19)12-3-4-14-15-12/h1-4H,5-9H2,(H,14,15). The lowest BCUT2D eigenvalue weighted by Crippen LogP contribution is -2.48. The minimum atomic E-state index is -3.44. The molecule has 1 N–H and O–H groups in total. The molecule has 2 aromatic rings. The number of hydrogen-bond acceptors (Lipinski definition) is 5. The first-order chi connectivity index (χ1) is 10.1. The van der Waals surface area contributed by atoms with Crippen LogP contribution in [0.1, 0.15) is 4.88 Å². The fourth-order valence-electron chi connectivity index (χ4n) is 2.31. The zero-order valence-corrected chi connectivity index (χ0v) is 13.6. The van der Waals surface area contributed by atoms with Crippen LogP contribution in [0.5, 0.6) is 0 Å². The maximum atomic E-state index is 12.3. The molecule has 1 aliphatic rings. The van der Waals surface area contributed by atoms with Crippen LogP contribution in [0, 0.1) is 0 Å². The van der Waals surface area contributed by atoms with Crippen LogP contribution in [0.3, 0.4) is 0 Å². The summed E-state index contributed by atoms with van der Waals surface area (Å²) < 4.78 is 27.0. The molecule has 1 aliphatic heterocycles. The van der Waals surface area contributed by atoms with Crippen molar-refractivity contribution < 1.29 is 8.42 Å². The van der Waals surface area contributed by atoms with Gasteiger partial charge in [-0.2, -0.15) is 9.40 Å². The Morgan fingerprint density at radius 3 is 2.57 bits per heavy atom. The van der Waals surface area contributed by atoms with Crippen molar-refractivity contribution in [1.82, 2.24) is 19.4 Å². The van der Waals surface area contributed by atoms with Crippen molar-refractivity contribution >= 4 is 33.0 Å². The van der Waals surface area contributed by atoms with Crippen LogP contribution in [0.25, 0.3) is 0 Å². The van der Waals surface area contributed by atoms with E-state index in [1.54, 1.807) is 11.3 Å². The summed E-state index contributed by atoms with van der Waals surface area (Å²) in [4.78, 5) is 3.44. The lowest BCUT2D eigenvalue weighted by atomic mass is 10.3. The molecule has 0 unspecified atom stereocenters. The number of aromatic nitrogens is 2. The summed E-state index contributed by atoms with van der Waals surface area (Å²) in [6, 6.07) is 5.39. The van der Waals surface area contributed by atoms with Gasteiger partial charge >= 0.3 is 0 Å². The molecule has 3 rings (SSSR count). The van der Waals surface area contributed by atoms with Gasteiger partial charge in [0.2, 0.25) is 0 Å². The van der Waals surface area contributed by atoms with Gasteiger partial charge in [0.25, 0.3) is 10.0 Å². The maximum absolute atomic E-state index is 12.3. The summed E-state index contributed by atoms with van der Waals surface area (Å²) in [7, 11) is -3.44. The third-order valence-electron chi connectivity index (χ3n) is 3.43. The summed E-state index contributed by atoms with van der Waals surface area (Å²) in [5.41, 5.74) is 0. The van der Waals surface area contributed by atoms with Crippen molar-refractivity contribution in [3.05, 3.63) is 33.6 Å². The van der Waals surface area contributed by atoms with E-state index in [4.69, 9.17) is 11.6 Å². The topological polar surface area (TPSA) is 69.3 Å². The van der Waals surface area contributed by atoms with Crippen LogP contribution in [0.2, 0.25) is 4.34 Å². The Hall–Kier alpha value is -0.930. The first-order valence-electron chi connectivity index (χ1n) is 6.52. The zero-order valence-electron chi connectivity index (χ0n) is 11.2. The number of nitrogens with one attached hydrogen (secondary N) is 1. The molecule has 0 saturated carbocycles. The van der Waals surface area contributed by atoms with E-state index in [2.05, 4.69) is 15.1 Å². The molecule has 114 valence electrons. The van der Waals surface area contributed by atoms with Crippen LogP contribution in [0.15, 0.2) is 29.4 Å². The number of aromatic amines is 1. The molecule has 9 heteroatoms. The highest BCUT2D eigenvalue weighted by atomic mass is 35.5. The maximum Gasteiger partial charge on any atom is 0.260 e. The summed E-state index contributed by atoms with van der Waals surface area (Å²) in [5, 5.41) is 6.38. The average Bonchev–Trinajstić information content (AvgIpc) is 3.11. The Morgan fingerprint density at radius 1 is 1.24 bits per heavy atom. The predicted octanol–water partition coefficient (Wildman–Crippen LogP) is 1.63. The second-order valence-electron chi connectivity index (χ2n) is 4.81. The Labute approximate surface area is 132 Å². The minimum absolute atomic E-state index is 0.154. The van der Waals surface area contributed by atoms with Crippen LogP contribution in [-0.4, -0.2) is 54.0 Å². The first kappa shape index (κ1) is 15.0. The number of halogens is 1. The second-order valence-corrected chi connectivity index (χ2v) is 8.51. The average molecular weight is 347 g/mol. The SMILES string of the molecule is O=S(=O)(c1ccn[nH]1)N1CCN(Cc2ccc(Cl)s2)CC1. The zero-order chi connectivity index (χ0) is 14.9. The number of hydrogen-bond donors (Lipinski definition) is 1. The van der Waals surface area contributed by atoms with Gasteiger partial charge in [0.05, 0.1) is 10.5 Å². The lowest BCUT2D eigenvalue weighted by molar-refractivity contribution is 0.182. The molecule has 0 radical (unpaired) electrons. The van der Waals surface area contributed by atoms with E-state index in [-0.39, 0.29) is 5.03 Å². The third-order valence-corrected chi connectivity index (χ3v) is 6.48. The fourth-order valence-corrected chi connectivity index (χ4v) is 4.76. The van der Waals surface area contributed by atoms with Crippen LogP contribution in [0.4, 0.5) is 0 Å². The van der Waals surface area contributed by atoms with Gasteiger partial charge < -0.3 is 0 Å². The fraction of sp³-hybridized carbons (Fsp3) is 0.417. The van der Waals surface area contributed by atoms with Gasteiger partial charge in [0, 0.05) is 37.6 Å². The monoisotopic (exact) mass is 346 g/mol. The van der Waals surface area contributed by atoms with Crippen molar-refractivity contribution in [3.8, 4) is 0 Å². The van der Waals surface area contributed by atoms with Gasteiger partial charge in [-0.25, -0.2) is 8.42 Å². The number of piperazine rings is 1. The third kappa shape index (κ3) is 3.29. The van der Waals surface area contributed by atoms with E-state index >= 15 is 0 Å². The number of sulfonamides is 1. The van der Waals surface area contributed by atoms with Crippen LogP contribution in [-0.2, 0) is 16.6 Å². The predicted molar refractivity (Wildman–Crippen MR) is 82.0 cm³/mol. The van der Waals surface area contributed by atoms with Gasteiger partial charge in [-0.15, -0.1) is 11.3 Å². The minimum Gasteiger partial charge on any atom is -0.296 e. The molecule has 0 bridgehead atoms. The van der Waals surface area contributed by atoms with E-state index in [9.17, 15) is 8.42 Å². The van der Waals surface area contributed by atoms with E-state index in [1.165, 1.54) is 21.4 Å². The molecule has 1 saturated heterocycles. The normalized spacial score (nSPS) is 18.1. The molecular weight excluding hydrogens is 332 g/mol. The highest BCUT2D eigenvalue weighted by molar-refractivity contribution is 7.89. The summed E-state index contributed by atoms with van der Waals surface area (Å²) >= 11 is 7.49. The van der Waals surface area contributed by atoms with E-state index in [0.29, 0.717) is 26.2 Å². The van der Waals surface area contributed by atoms with E-state index in [0.717, 1.165) is 10.9 Å². The molecule has 0 amide bonds. The number of H-pyrrole nitrogens is 1. The molecule has 21 heavy (non-hydrogen) atoms. The van der Waals surface area contributed by atoms with Gasteiger partial charge in [0.1, 0.15) is 0 Å². The second kappa shape index (κ2) is 6.05.